The summed E-state index contributed by atoms with van der Waals surface area (Å²) in [6.07, 6.45) is 4.25. The number of nitrogens with one attached hydrogen (secondary N) is 2. The van der Waals surface area contributed by atoms with E-state index in [1.807, 2.05) is 11.7 Å². The lowest BCUT2D eigenvalue weighted by atomic mass is 10.1. The molecule has 2 N–H and O–H groups in total. The van der Waals surface area contributed by atoms with Gasteiger partial charge in [-0.05, 0) is 58.9 Å². The molecule has 0 aromatic carbocycles. The molecule has 8 heteroatoms. The fraction of sp³-hybridized carbons (Fsp3) is 0.800. The Balaban J connectivity index is 0.00000392. The summed E-state index contributed by atoms with van der Waals surface area (Å²) in [5, 5.41) is 11.4. The molecule has 2 rings (SSSR count). The van der Waals surface area contributed by atoms with E-state index in [4.69, 9.17) is 14.5 Å². The summed E-state index contributed by atoms with van der Waals surface area (Å²) in [7, 11) is 2.00. The largest absolute Gasteiger partial charge is 0.381 e. The van der Waals surface area contributed by atoms with Crippen molar-refractivity contribution in [3.05, 3.63) is 17.0 Å². The fourth-order valence-electron chi connectivity index (χ4n) is 3.37. The molecule has 0 radical (unpaired) electrons. The molecule has 162 valence electrons. The van der Waals surface area contributed by atoms with Gasteiger partial charge in [0.15, 0.2) is 5.96 Å². The van der Waals surface area contributed by atoms with Gasteiger partial charge in [0, 0.05) is 51.7 Å². The lowest BCUT2D eigenvalue weighted by Crippen LogP contribution is -2.43. The van der Waals surface area contributed by atoms with Gasteiger partial charge in [0.25, 0.3) is 0 Å². The third-order valence-corrected chi connectivity index (χ3v) is 4.99. The first kappa shape index (κ1) is 25.2. The number of hydrogen-bond acceptors (Lipinski definition) is 4. The predicted molar refractivity (Wildman–Crippen MR) is 125 cm³/mol. The molecular weight excluding hydrogens is 469 g/mol. The maximum atomic E-state index is 5.91. The maximum Gasteiger partial charge on any atom is 0.191 e. The van der Waals surface area contributed by atoms with E-state index in [-0.39, 0.29) is 30.0 Å². The van der Waals surface area contributed by atoms with Crippen molar-refractivity contribution in [2.24, 2.45) is 12.0 Å². The monoisotopic (exact) mass is 507 g/mol. The summed E-state index contributed by atoms with van der Waals surface area (Å²) in [6, 6.07) is 0.280. The molecule has 1 saturated heterocycles. The van der Waals surface area contributed by atoms with Gasteiger partial charge in [0.1, 0.15) is 0 Å². The summed E-state index contributed by atoms with van der Waals surface area (Å²) in [4.78, 5) is 4.70. The Morgan fingerprint density at radius 2 is 2.07 bits per heavy atom. The van der Waals surface area contributed by atoms with E-state index in [9.17, 15) is 0 Å². The van der Waals surface area contributed by atoms with Gasteiger partial charge in [-0.25, -0.2) is 0 Å². The van der Waals surface area contributed by atoms with E-state index in [1.165, 1.54) is 11.3 Å². The van der Waals surface area contributed by atoms with Crippen molar-refractivity contribution >= 4 is 29.9 Å². The van der Waals surface area contributed by atoms with Crippen molar-refractivity contribution in [2.45, 2.75) is 65.5 Å². The molecule has 0 amide bonds. The van der Waals surface area contributed by atoms with Gasteiger partial charge in [-0.15, -0.1) is 24.0 Å². The molecule has 0 saturated carbocycles. The van der Waals surface area contributed by atoms with Gasteiger partial charge in [-0.3, -0.25) is 9.67 Å². The number of hydrogen-bond donors (Lipinski definition) is 2. The summed E-state index contributed by atoms with van der Waals surface area (Å²) in [5.41, 5.74) is 3.66. The normalized spacial score (nSPS) is 16.5. The number of rotatable bonds is 9. The van der Waals surface area contributed by atoms with Gasteiger partial charge in [-0.1, -0.05) is 0 Å². The van der Waals surface area contributed by atoms with Crippen molar-refractivity contribution in [1.82, 2.24) is 20.4 Å². The van der Waals surface area contributed by atoms with Crippen LogP contribution in [0.2, 0.25) is 0 Å². The van der Waals surface area contributed by atoms with Gasteiger partial charge in [0.2, 0.25) is 0 Å². The molecule has 28 heavy (non-hydrogen) atoms. The first-order valence-corrected chi connectivity index (χ1v) is 10.2. The van der Waals surface area contributed by atoms with Crippen molar-refractivity contribution in [1.29, 1.82) is 0 Å². The molecule has 1 fully saturated rings. The van der Waals surface area contributed by atoms with E-state index in [0.29, 0.717) is 6.10 Å². The molecule has 1 aromatic rings. The molecule has 1 unspecified atom stereocenters. The molecule has 1 aromatic heterocycles. The quantitative estimate of drug-likeness (QED) is 0.233. The van der Waals surface area contributed by atoms with Gasteiger partial charge >= 0.3 is 0 Å². The Labute approximate surface area is 187 Å². The average Bonchev–Trinajstić information content (AvgIpc) is 2.88. The Bertz CT molecular complexity index is 600. The van der Waals surface area contributed by atoms with Crippen molar-refractivity contribution < 1.29 is 9.47 Å². The van der Waals surface area contributed by atoms with Crippen molar-refractivity contribution in [3.8, 4) is 0 Å². The highest BCUT2D eigenvalue weighted by molar-refractivity contribution is 14.0. The van der Waals surface area contributed by atoms with Crippen LogP contribution in [0.4, 0.5) is 0 Å². The first-order chi connectivity index (χ1) is 13.0. The molecule has 0 spiro atoms. The van der Waals surface area contributed by atoms with Gasteiger partial charge in [0.05, 0.1) is 11.8 Å². The fourth-order valence-corrected chi connectivity index (χ4v) is 3.37. The second-order valence-electron chi connectivity index (χ2n) is 7.32. The Hall–Kier alpha value is -0.870. The summed E-state index contributed by atoms with van der Waals surface area (Å²) in [5.74, 6) is 0.871. The van der Waals surface area contributed by atoms with E-state index < -0.39 is 0 Å². The number of aromatic nitrogens is 2. The highest BCUT2D eigenvalue weighted by Crippen LogP contribution is 2.14. The van der Waals surface area contributed by atoms with Crippen LogP contribution in [-0.4, -0.2) is 60.8 Å². The topological polar surface area (TPSA) is 72.7 Å². The SMILES string of the molecule is CCNC(=NCCCOC1CCOCC1)NC(C)Cc1c(C)nn(C)c1C.I. The number of nitrogens with zero attached hydrogens (tertiary/aromatic N) is 3. The summed E-state index contributed by atoms with van der Waals surface area (Å²) < 4.78 is 13.2. The van der Waals surface area contributed by atoms with E-state index in [0.717, 1.165) is 70.2 Å². The van der Waals surface area contributed by atoms with Crippen LogP contribution in [0, 0.1) is 13.8 Å². The third-order valence-electron chi connectivity index (χ3n) is 4.99. The van der Waals surface area contributed by atoms with Crippen LogP contribution in [0.3, 0.4) is 0 Å². The Morgan fingerprint density at radius 1 is 1.36 bits per heavy atom. The second-order valence-corrected chi connectivity index (χ2v) is 7.32. The molecule has 7 nitrogen and oxygen atoms in total. The summed E-state index contributed by atoms with van der Waals surface area (Å²) >= 11 is 0. The standard InChI is InChI=1S/C20H37N5O2.HI/c1-6-21-20(22-10-7-11-27-18-8-12-26-13-9-18)23-15(2)14-19-16(3)24-25(5)17(19)4;/h15,18H,6-14H2,1-5H3,(H2,21,22,23);1H. The van der Waals surface area contributed by atoms with Crippen LogP contribution in [0.5, 0.6) is 0 Å². The Morgan fingerprint density at radius 3 is 2.68 bits per heavy atom. The van der Waals surface area contributed by atoms with Crippen molar-refractivity contribution in [3.63, 3.8) is 0 Å². The van der Waals surface area contributed by atoms with Crippen molar-refractivity contribution in [2.75, 3.05) is 32.9 Å². The van der Waals surface area contributed by atoms with Crippen LogP contribution >= 0.6 is 24.0 Å². The Kier molecular flexibility index (Phi) is 12.0. The maximum absolute atomic E-state index is 5.91. The second kappa shape index (κ2) is 13.4. The third kappa shape index (κ3) is 8.24. The zero-order valence-corrected chi connectivity index (χ0v) is 20.4. The predicted octanol–water partition coefficient (Wildman–Crippen LogP) is 2.73. The van der Waals surface area contributed by atoms with E-state index in [1.54, 1.807) is 0 Å². The van der Waals surface area contributed by atoms with Crippen LogP contribution in [-0.2, 0) is 22.9 Å². The van der Waals surface area contributed by atoms with Crippen LogP contribution in [0.1, 0.15) is 50.1 Å². The average molecular weight is 507 g/mol. The minimum atomic E-state index is 0. The van der Waals surface area contributed by atoms with Gasteiger partial charge in [-0.2, -0.15) is 5.10 Å². The zero-order valence-electron chi connectivity index (χ0n) is 18.1. The summed E-state index contributed by atoms with van der Waals surface area (Å²) in [6.45, 7) is 12.5. The first-order valence-electron chi connectivity index (χ1n) is 10.2. The molecule has 0 bridgehead atoms. The number of ether oxygens (including phenoxy) is 2. The lowest BCUT2D eigenvalue weighted by Gasteiger charge is -2.22. The van der Waals surface area contributed by atoms with Crippen LogP contribution in [0.25, 0.3) is 0 Å². The molecule has 1 aliphatic heterocycles. The minimum Gasteiger partial charge on any atom is -0.381 e. The molecule has 1 aliphatic rings. The van der Waals surface area contributed by atoms with Crippen LogP contribution < -0.4 is 10.6 Å². The minimum absolute atomic E-state index is 0. The molecule has 1 atom stereocenters. The highest BCUT2D eigenvalue weighted by Gasteiger charge is 2.15. The van der Waals surface area contributed by atoms with E-state index >= 15 is 0 Å². The number of halogens is 1. The molecular formula is C20H38IN5O2. The van der Waals surface area contributed by atoms with Crippen LogP contribution in [0.15, 0.2) is 4.99 Å². The number of aliphatic imine (C=N–C) groups is 1. The lowest BCUT2D eigenvalue weighted by molar-refractivity contribution is -0.0318. The molecule has 0 aliphatic carbocycles. The smallest absolute Gasteiger partial charge is 0.191 e. The number of guanidine groups is 1. The van der Waals surface area contributed by atoms with E-state index in [2.05, 4.69) is 43.4 Å². The molecule has 2 heterocycles. The zero-order chi connectivity index (χ0) is 19.6. The number of aryl methyl sites for hydroxylation is 2. The highest BCUT2D eigenvalue weighted by atomic mass is 127. The van der Waals surface area contributed by atoms with Gasteiger partial charge < -0.3 is 20.1 Å².